The number of anilines is 1. The summed E-state index contributed by atoms with van der Waals surface area (Å²) in [6, 6.07) is 2.67. The first kappa shape index (κ1) is 9.76. The molecule has 0 radical (unpaired) electrons. The summed E-state index contributed by atoms with van der Waals surface area (Å²) >= 11 is 0. The number of nitrogens with zero attached hydrogens (tertiary/aromatic N) is 1. The van der Waals surface area contributed by atoms with Crippen LogP contribution in [-0.4, -0.2) is 26.7 Å². The number of rotatable bonds is 1. The van der Waals surface area contributed by atoms with Crippen molar-refractivity contribution in [2.45, 2.75) is 0 Å². The van der Waals surface area contributed by atoms with Crippen LogP contribution in [-0.2, 0) is 4.79 Å². The Balaban J connectivity index is 2.52. The van der Waals surface area contributed by atoms with Gasteiger partial charge in [-0.2, -0.15) is 0 Å². The summed E-state index contributed by atoms with van der Waals surface area (Å²) in [4.78, 5) is 12.6. The maximum absolute atomic E-state index is 13.4. The molecule has 0 aromatic heterocycles. The van der Waals surface area contributed by atoms with Crippen LogP contribution < -0.4 is 14.4 Å². The zero-order chi connectivity index (χ0) is 11.0. The summed E-state index contributed by atoms with van der Waals surface area (Å²) in [6.07, 6.45) is 0. The van der Waals surface area contributed by atoms with E-state index in [1.807, 2.05) is 0 Å². The van der Waals surface area contributed by atoms with Crippen molar-refractivity contribution in [1.82, 2.24) is 0 Å². The summed E-state index contributed by atoms with van der Waals surface area (Å²) in [5, 5.41) is 0. The van der Waals surface area contributed by atoms with E-state index in [2.05, 4.69) is 0 Å². The highest BCUT2D eigenvalue weighted by molar-refractivity contribution is 5.97. The summed E-state index contributed by atoms with van der Waals surface area (Å²) in [7, 11) is 2.96. The molecular weight excluding hydrogens is 201 g/mol. The molecule has 0 spiro atoms. The van der Waals surface area contributed by atoms with Crippen molar-refractivity contribution in [2.75, 3.05) is 25.7 Å². The number of amides is 1. The molecule has 1 aliphatic rings. The second kappa shape index (κ2) is 3.42. The maximum atomic E-state index is 13.4. The summed E-state index contributed by atoms with van der Waals surface area (Å²) < 4.78 is 23.3. The highest BCUT2D eigenvalue weighted by Crippen LogP contribution is 2.36. The van der Waals surface area contributed by atoms with Crippen LogP contribution in [0.3, 0.4) is 0 Å². The van der Waals surface area contributed by atoms with Gasteiger partial charge in [-0.25, -0.2) is 4.39 Å². The Labute approximate surface area is 86.2 Å². The van der Waals surface area contributed by atoms with Gasteiger partial charge in [0.25, 0.3) is 5.91 Å². The monoisotopic (exact) mass is 211 g/mol. The largest absolute Gasteiger partial charge is 0.494 e. The predicted molar refractivity (Wildman–Crippen MR) is 51.9 cm³/mol. The Morgan fingerprint density at radius 3 is 2.93 bits per heavy atom. The first-order chi connectivity index (χ1) is 7.13. The van der Waals surface area contributed by atoms with Gasteiger partial charge in [0.2, 0.25) is 0 Å². The number of hydrogen-bond donors (Lipinski definition) is 0. The number of fused-ring (bicyclic) bond motifs is 1. The van der Waals surface area contributed by atoms with Crippen LogP contribution >= 0.6 is 0 Å². The molecule has 0 aliphatic carbocycles. The Morgan fingerprint density at radius 2 is 2.27 bits per heavy atom. The number of halogens is 1. The zero-order valence-corrected chi connectivity index (χ0v) is 8.41. The Morgan fingerprint density at radius 1 is 1.53 bits per heavy atom. The van der Waals surface area contributed by atoms with Crippen LogP contribution in [0.4, 0.5) is 10.1 Å². The van der Waals surface area contributed by atoms with Gasteiger partial charge in [0, 0.05) is 19.2 Å². The second-order valence-electron chi connectivity index (χ2n) is 3.20. The molecule has 0 N–H and O–H groups in total. The Kier molecular flexibility index (Phi) is 2.22. The highest BCUT2D eigenvalue weighted by atomic mass is 19.1. The summed E-state index contributed by atoms with van der Waals surface area (Å²) in [6.45, 7) is -0.0295. The highest BCUT2D eigenvalue weighted by Gasteiger charge is 2.24. The standard InChI is InChI=1S/C10H10FNO3/c1-12-7-3-6(11)8(14-2)4-9(7)15-5-10(12)13/h3-4H,5H2,1-2H3. The fourth-order valence-corrected chi connectivity index (χ4v) is 1.43. The molecule has 5 heteroatoms. The average Bonchev–Trinajstić information content (AvgIpc) is 2.24. The van der Waals surface area contributed by atoms with Crippen LogP contribution in [0.5, 0.6) is 11.5 Å². The fraction of sp³-hybridized carbons (Fsp3) is 0.300. The summed E-state index contributed by atoms with van der Waals surface area (Å²) in [5.74, 6) is -0.152. The number of carbonyl (C=O) groups excluding carboxylic acids is 1. The minimum absolute atomic E-state index is 0.0295. The second-order valence-corrected chi connectivity index (χ2v) is 3.20. The first-order valence-electron chi connectivity index (χ1n) is 4.40. The van der Waals surface area contributed by atoms with Crippen molar-refractivity contribution < 1.29 is 18.7 Å². The van der Waals surface area contributed by atoms with E-state index in [0.29, 0.717) is 11.4 Å². The Bertz CT molecular complexity index is 419. The minimum Gasteiger partial charge on any atom is -0.494 e. The van der Waals surface area contributed by atoms with E-state index in [1.54, 1.807) is 7.05 Å². The molecule has 0 bridgehead atoms. The van der Waals surface area contributed by atoms with Gasteiger partial charge in [-0.05, 0) is 0 Å². The van der Waals surface area contributed by atoms with Gasteiger partial charge < -0.3 is 14.4 Å². The van der Waals surface area contributed by atoms with Crippen LogP contribution in [0.15, 0.2) is 12.1 Å². The maximum Gasteiger partial charge on any atom is 0.264 e. The third kappa shape index (κ3) is 1.49. The molecule has 1 heterocycles. The van der Waals surface area contributed by atoms with Gasteiger partial charge in [-0.3, -0.25) is 4.79 Å². The lowest BCUT2D eigenvalue weighted by Crippen LogP contribution is -2.35. The Hall–Kier alpha value is -1.78. The molecular formula is C10H10FNO3. The topological polar surface area (TPSA) is 38.8 Å². The lowest BCUT2D eigenvalue weighted by molar-refractivity contribution is -0.120. The van der Waals surface area contributed by atoms with E-state index in [0.717, 1.165) is 0 Å². The van der Waals surface area contributed by atoms with Crippen molar-refractivity contribution in [3.05, 3.63) is 17.9 Å². The van der Waals surface area contributed by atoms with E-state index in [9.17, 15) is 9.18 Å². The molecule has 1 aromatic rings. The molecule has 1 aliphatic heterocycles. The molecule has 1 amide bonds. The van der Waals surface area contributed by atoms with Crippen molar-refractivity contribution in [3.8, 4) is 11.5 Å². The average molecular weight is 211 g/mol. The lowest BCUT2D eigenvalue weighted by atomic mass is 10.2. The quantitative estimate of drug-likeness (QED) is 0.700. The SMILES string of the molecule is COc1cc2c(cc1F)N(C)C(=O)CO2. The van der Waals surface area contributed by atoms with Gasteiger partial charge in [0.15, 0.2) is 18.2 Å². The van der Waals surface area contributed by atoms with Gasteiger partial charge >= 0.3 is 0 Å². The number of benzene rings is 1. The predicted octanol–water partition coefficient (Wildman–Crippen LogP) is 1.19. The third-order valence-corrected chi connectivity index (χ3v) is 2.32. The molecule has 0 unspecified atom stereocenters. The molecule has 0 saturated heterocycles. The van der Waals surface area contributed by atoms with E-state index in [-0.39, 0.29) is 18.3 Å². The van der Waals surface area contributed by atoms with E-state index >= 15 is 0 Å². The summed E-state index contributed by atoms with van der Waals surface area (Å²) in [5.41, 5.74) is 0.421. The van der Waals surface area contributed by atoms with Crippen molar-refractivity contribution in [2.24, 2.45) is 0 Å². The number of hydrogen-bond acceptors (Lipinski definition) is 3. The molecule has 0 atom stereocenters. The minimum atomic E-state index is -0.513. The first-order valence-corrected chi connectivity index (χ1v) is 4.40. The van der Waals surface area contributed by atoms with Crippen LogP contribution in [0.2, 0.25) is 0 Å². The van der Waals surface area contributed by atoms with E-state index in [4.69, 9.17) is 9.47 Å². The zero-order valence-electron chi connectivity index (χ0n) is 8.41. The van der Waals surface area contributed by atoms with Crippen LogP contribution in [0.1, 0.15) is 0 Å². The molecule has 0 saturated carbocycles. The van der Waals surface area contributed by atoms with Crippen molar-refractivity contribution >= 4 is 11.6 Å². The van der Waals surface area contributed by atoms with Crippen molar-refractivity contribution in [3.63, 3.8) is 0 Å². The third-order valence-electron chi connectivity index (χ3n) is 2.32. The molecule has 2 rings (SSSR count). The van der Waals surface area contributed by atoms with E-state index < -0.39 is 5.82 Å². The van der Waals surface area contributed by atoms with Crippen molar-refractivity contribution in [1.29, 1.82) is 0 Å². The number of methoxy groups -OCH3 is 1. The van der Waals surface area contributed by atoms with Gasteiger partial charge in [0.1, 0.15) is 5.75 Å². The van der Waals surface area contributed by atoms with Gasteiger partial charge in [0.05, 0.1) is 12.8 Å². The number of carbonyl (C=O) groups is 1. The molecule has 1 aromatic carbocycles. The number of ether oxygens (including phenoxy) is 2. The van der Waals surface area contributed by atoms with Crippen LogP contribution in [0.25, 0.3) is 0 Å². The van der Waals surface area contributed by atoms with Gasteiger partial charge in [-0.1, -0.05) is 0 Å². The van der Waals surface area contributed by atoms with Gasteiger partial charge in [-0.15, -0.1) is 0 Å². The molecule has 0 fully saturated rings. The molecule has 80 valence electrons. The lowest BCUT2D eigenvalue weighted by Gasteiger charge is -2.26. The molecule has 4 nitrogen and oxygen atoms in total. The van der Waals surface area contributed by atoms with E-state index in [1.165, 1.54) is 24.1 Å². The fourth-order valence-electron chi connectivity index (χ4n) is 1.43. The van der Waals surface area contributed by atoms with Crippen LogP contribution in [0, 0.1) is 5.82 Å². The number of likely N-dealkylation sites (N-methyl/N-ethyl adjacent to an activating group) is 1. The smallest absolute Gasteiger partial charge is 0.264 e. The molecule has 15 heavy (non-hydrogen) atoms. The normalized spacial score (nSPS) is 14.6.